The van der Waals surface area contributed by atoms with Crippen molar-refractivity contribution in [2.75, 3.05) is 32.2 Å². The molecule has 2 amide bonds. The van der Waals surface area contributed by atoms with Crippen LogP contribution < -0.4 is 14.4 Å². The van der Waals surface area contributed by atoms with Crippen LogP contribution in [-0.2, 0) is 9.59 Å². The monoisotopic (exact) mass is 446 g/mol. The molecular formula is C26H23FN2O4. The zero-order valence-electron chi connectivity index (χ0n) is 18.3. The number of ether oxygens (including phenoxy) is 2. The van der Waals surface area contributed by atoms with Crippen LogP contribution in [0.3, 0.4) is 0 Å². The van der Waals surface area contributed by atoms with E-state index in [0.29, 0.717) is 17.1 Å². The first kappa shape index (κ1) is 22.1. The van der Waals surface area contributed by atoms with Gasteiger partial charge in [-0.1, -0.05) is 30.3 Å². The molecule has 0 aliphatic carbocycles. The van der Waals surface area contributed by atoms with Gasteiger partial charge in [-0.05, 0) is 54.1 Å². The summed E-state index contributed by atoms with van der Waals surface area (Å²) in [6, 6.07) is 21.9. The maximum Gasteiger partial charge on any atom is 0.278 e. The number of halogens is 1. The number of imide groups is 1. The topological polar surface area (TPSA) is 59.1 Å². The molecule has 0 aromatic heterocycles. The van der Waals surface area contributed by atoms with Gasteiger partial charge >= 0.3 is 0 Å². The number of rotatable bonds is 8. The summed E-state index contributed by atoms with van der Waals surface area (Å²) in [5.74, 6) is 0.0165. The van der Waals surface area contributed by atoms with Gasteiger partial charge in [0.05, 0.1) is 19.2 Å². The van der Waals surface area contributed by atoms with Crippen LogP contribution in [0.25, 0.3) is 5.57 Å². The number of amides is 2. The van der Waals surface area contributed by atoms with E-state index in [9.17, 15) is 14.0 Å². The van der Waals surface area contributed by atoms with E-state index in [1.807, 2.05) is 30.3 Å². The predicted molar refractivity (Wildman–Crippen MR) is 123 cm³/mol. The molecule has 33 heavy (non-hydrogen) atoms. The van der Waals surface area contributed by atoms with Crippen molar-refractivity contribution in [2.24, 2.45) is 0 Å². The average Bonchev–Trinajstić information content (AvgIpc) is 3.10. The van der Waals surface area contributed by atoms with Gasteiger partial charge in [-0.15, -0.1) is 0 Å². The second-order valence-electron chi connectivity index (χ2n) is 7.41. The highest BCUT2D eigenvalue weighted by molar-refractivity contribution is 6.36. The fourth-order valence-electron chi connectivity index (χ4n) is 3.66. The van der Waals surface area contributed by atoms with Crippen LogP contribution in [0.5, 0.6) is 11.5 Å². The third-order valence-corrected chi connectivity index (χ3v) is 5.40. The van der Waals surface area contributed by atoms with Gasteiger partial charge in [0.2, 0.25) is 0 Å². The van der Waals surface area contributed by atoms with E-state index in [-0.39, 0.29) is 24.4 Å². The normalized spacial score (nSPS) is 13.5. The lowest BCUT2D eigenvalue weighted by atomic mass is 10.0. The average molecular weight is 446 g/mol. The Hall–Kier alpha value is -4.13. The second-order valence-corrected chi connectivity index (χ2v) is 7.41. The Morgan fingerprint density at radius 2 is 1.48 bits per heavy atom. The molecule has 0 fully saturated rings. The Morgan fingerprint density at radius 3 is 2.12 bits per heavy atom. The molecule has 3 aromatic rings. The number of anilines is 1. The van der Waals surface area contributed by atoms with Gasteiger partial charge in [0.15, 0.2) is 0 Å². The maximum atomic E-state index is 13.5. The van der Waals surface area contributed by atoms with Gasteiger partial charge < -0.3 is 14.4 Å². The van der Waals surface area contributed by atoms with E-state index >= 15 is 0 Å². The van der Waals surface area contributed by atoms with Gasteiger partial charge in [-0.25, -0.2) is 4.39 Å². The summed E-state index contributed by atoms with van der Waals surface area (Å²) in [7, 11) is 3.31. The summed E-state index contributed by atoms with van der Waals surface area (Å²) >= 11 is 0. The summed E-state index contributed by atoms with van der Waals surface area (Å²) < 4.78 is 24.4. The van der Waals surface area contributed by atoms with Crippen molar-refractivity contribution in [1.29, 1.82) is 0 Å². The number of carbonyl (C=O) groups is 2. The lowest BCUT2D eigenvalue weighted by Crippen LogP contribution is -2.37. The molecule has 0 spiro atoms. The molecular weight excluding hydrogens is 423 g/mol. The van der Waals surface area contributed by atoms with Crippen LogP contribution in [0.1, 0.15) is 5.56 Å². The lowest BCUT2D eigenvalue weighted by molar-refractivity contribution is -0.137. The van der Waals surface area contributed by atoms with Crippen LogP contribution in [0.2, 0.25) is 0 Å². The molecule has 1 aliphatic heterocycles. The zero-order valence-corrected chi connectivity index (χ0v) is 18.3. The number of hydrogen-bond acceptors (Lipinski definition) is 5. The van der Waals surface area contributed by atoms with E-state index in [0.717, 1.165) is 10.6 Å². The number of benzene rings is 3. The Balaban J connectivity index is 1.59. The fourth-order valence-corrected chi connectivity index (χ4v) is 3.66. The van der Waals surface area contributed by atoms with Crippen molar-refractivity contribution >= 4 is 23.1 Å². The SMILES string of the molecule is COc1ccc(OCCN2C(=O)C(c3ccc(F)cc3)=C(N(C)c3ccccc3)C2=O)cc1. The van der Waals surface area contributed by atoms with Crippen LogP contribution >= 0.6 is 0 Å². The summed E-state index contributed by atoms with van der Waals surface area (Å²) in [4.78, 5) is 29.5. The molecule has 0 N–H and O–H groups in total. The number of nitrogens with zero attached hydrogens (tertiary/aromatic N) is 2. The van der Waals surface area contributed by atoms with Gasteiger partial charge in [-0.3, -0.25) is 14.5 Å². The molecule has 0 saturated heterocycles. The number of likely N-dealkylation sites (N-methyl/N-ethyl adjacent to an activating group) is 1. The third kappa shape index (κ3) is 4.57. The molecule has 1 aliphatic rings. The molecule has 0 radical (unpaired) electrons. The number of hydrogen-bond donors (Lipinski definition) is 0. The molecule has 0 atom stereocenters. The second kappa shape index (κ2) is 9.56. The molecule has 3 aromatic carbocycles. The Bertz CT molecular complexity index is 1180. The van der Waals surface area contributed by atoms with Crippen LogP contribution in [0, 0.1) is 5.82 Å². The number of carbonyl (C=O) groups excluding carboxylic acids is 2. The van der Waals surface area contributed by atoms with Crippen molar-refractivity contribution in [1.82, 2.24) is 4.90 Å². The Labute approximate surface area is 191 Å². The first-order valence-corrected chi connectivity index (χ1v) is 10.4. The minimum Gasteiger partial charge on any atom is -0.497 e. The fraction of sp³-hybridized carbons (Fsp3) is 0.154. The van der Waals surface area contributed by atoms with Gasteiger partial charge in [0.1, 0.15) is 29.6 Å². The minimum atomic E-state index is -0.442. The van der Waals surface area contributed by atoms with E-state index in [1.54, 1.807) is 43.3 Å². The lowest BCUT2D eigenvalue weighted by Gasteiger charge is -2.21. The molecule has 4 rings (SSSR count). The van der Waals surface area contributed by atoms with Crippen LogP contribution in [0.15, 0.2) is 84.6 Å². The maximum absolute atomic E-state index is 13.5. The van der Waals surface area contributed by atoms with Crippen molar-refractivity contribution in [3.05, 3.63) is 95.9 Å². The molecule has 168 valence electrons. The summed E-state index contributed by atoms with van der Waals surface area (Å²) in [5.41, 5.74) is 1.70. The summed E-state index contributed by atoms with van der Waals surface area (Å²) in [6.45, 7) is 0.198. The van der Waals surface area contributed by atoms with E-state index in [2.05, 4.69) is 0 Å². The first-order chi connectivity index (χ1) is 16.0. The third-order valence-electron chi connectivity index (χ3n) is 5.40. The standard InChI is InChI=1S/C26H23FN2O4/c1-28(20-6-4-3-5-7-20)24-23(18-8-10-19(27)11-9-18)25(30)29(26(24)31)16-17-33-22-14-12-21(32-2)13-15-22/h3-15H,16-17H2,1-2H3. The van der Waals surface area contributed by atoms with Crippen LogP contribution in [0.4, 0.5) is 10.1 Å². The summed E-state index contributed by atoms with van der Waals surface area (Å²) in [6.07, 6.45) is 0. The van der Waals surface area contributed by atoms with Crippen molar-refractivity contribution in [2.45, 2.75) is 0 Å². The minimum absolute atomic E-state index is 0.0700. The molecule has 7 heteroatoms. The highest BCUT2D eigenvalue weighted by atomic mass is 19.1. The molecule has 0 unspecified atom stereocenters. The Morgan fingerprint density at radius 1 is 0.848 bits per heavy atom. The highest BCUT2D eigenvalue weighted by Gasteiger charge is 2.41. The highest BCUT2D eigenvalue weighted by Crippen LogP contribution is 2.33. The van der Waals surface area contributed by atoms with Gasteiger partial charge in [0, 0.05) is 12.7 Å². The van der Waals surface area contributed by atoms with E-state index in [4.69, 9.17) is 9.47 Å². The van der Waals surface area contributed by atoms with Crippen molar-refractivity contribution in [3.8, 4) is 11.5 Å². The first-order valence-electron chi connectivity index (χ1n) is 10.4. The van der Waals surface area contributed by atoms with Gasteiger partial charge in [-0.2, -0.15) is 0 Å². The van der Waals surface area contributed by atoms with Gasteiger partial charge in [0.25, 0.3) is 11.8 Å². The van der Waals surface area contributed by atoms with E-state index in [1.165, 1.54) is 24.3 Å². The number of methoxy groups -OCH3 is 1. The smallest absolute Gasteiger partial charge is 0.278 e. The van der Waals surface area contributed by atoms with E-state index < -0.39 is 17.6 Å². The molecule has 1 heterocycles. The zero-order chi connectivity index (χ0) is 23.4. The largest absolute Gasteiger partial charge is 0.497 e. The predicted octanol–water partition coefficient (Wildman–Crippen LogP) is 4.13. The summed E-state index contributed by atoms with van der Waals surface area (Å²) in [5, 5.41) is 0. The Kier molecular flexibility index (Phi) is 6.40. The molecule has 0 bridgehead atoms. The van der Waals surface area contributed by atoms with Crippen molar-refractivity contribution in [3.63, 3.8) is 0 Å². The van der Waals surface area contributed by atoms with Crippen LogP contribution in [-0.4, -0.2) is 44.0 Å². The van der Waals surface area contributed by atoms with Crippen molar-refractivity contribution < 1.29 is 23.5 Å². The number of para-hydroxylation sites is 1. The molecule has 0 saturated carbocycles. The molecule has 6 nitrogen and oxygen atoms in total. The quantitative estimate of drug-likeness (QED) is 0.487.